The molecule has 0 spiro atoms. The van der Waals surface area contributed by atoms with Crippen molar-refractivity contribution in [2.45, 2.75) is 25.3 Å². The van der Waals surface area contributed by atoms with Crippen LogP contribution in [-0.2, 0) is 21.4 Å². The molecule has 1 fully saturated rings. The van der Waals surface area contributed by atoms with E-state index in [0.29, 0.717) is 44.2 Å². The summed E-state index contributed by atoms with van der Waals surface area (Å²) in [5.74, 6) is 0.0343. The van der Waals surface area contributed by atoms with Gasteiger partial charge in [0.1, 0.15) is 0 Å². The van der Waals surface area contributed by atoms with E-state index in [4.69, 9.17) is 0 Å². The van der Waals surface area contributed by atoms with Crippen LogP contribution in [-0.4, -0.2) is 68.2 Å². The molecule has 2 aromatic carbocycles. The molecule has 0 bridgehead atoms. The van der Waals surface area contributed by atoms with Gasteiger partial charge in [0.15, 0.2) is 0 Å². The second-order valence-electron chi connectivity index (χ2n) is 7.71. The van der Waals surface area contributed by atoms with E-state index in [0.717, 1.165) is 16.7 Å². The fourth-order valence-corrected chi connectivity index (χ4v) is 5.32. The average molecular weight is 416 g/mol. The summed E-state index contributed by atoms with van der Waals surface area (Å²) in [6, 6.07) is 15.4. The largest absolute Gasteiger partial charge is 0.339 e. The molecule has 156 valence electrons. The third kappa shape index (κ3) is 5.23. The molecule has 0 unspecified atom stereocenters. The number of hydrogen-bond acceptors (Lipinski definition) is 4. The molecule has 0 saturated carbocycles. The zero-order valence-corrected chi connectivity index (χ0v) is 18.2. The van der Waals surface area contributed by atoms with Gasteiger partial charge in [-0.2, -0.15) is 4.31 Å². The Bertz CT molecular complexity index is 953. The quantitative estimate of drug-likeness (QED) is 0.726. The van der Waals surface area contributed by atoms with Crippen LogP contribution in [0.4, 0.5) is 0 Å². The SMILES string of the molecule is Cc1ccc(S(=O)(=O)N2CCN(C(=O)CN(C)Cc3ccccc3)CC2)c(C)c1. The number of nitrogens with zero attached hydrogens (tertiary/aromatic N) is 3. The number of benzene rings is 2. The lowest BCUT2D eigenvalue weighted by molar-refractivity contribution is -0.133. The van der Waals surface area contributed by atoms with Gasteiger partial charge >= 0.3 is 0 Å². The number of piperazine rings is 1. The zero-order chi connectivity index (χ0) is 21.0. The van der Waals surface area contributed by atoms with Crippen LogP contribution in [0.15, 0.2) is 53.4 Å². The lowest BCUT2D eigenvalue weighted by atomic mass is 10.2. The van der Waals surface area contributed by atoms with E-state index in [2.05, 4.69) is 0 Å². The van der Waals surface area contributed by atoms with Gasteiger partial charge in [-0.3, -0.25) is 9.69 Å². The standard InChI is InChI=1S/C22H29N3O3S/c1-18-9-10-21(19(2)15-18)29(27,28)25-13-11-24(12-14-25)22(26)17-23(3)16-20-7-5-4-6-8-20/h4-10,15H,11-14,16-17H2,1-3H3. The molecule has 7 heteroatoms. The van der Waals surface area contributed by atoms with E-state index in [1.165, 1.54) is 4.31 Å². The highest BCUT2D eigenvalue weighted by molar-refractivity contribution is 7.89. The molecule has 1 saturated heterocycles. The van der Waals surface area contributed by atoms with Gasteiger partial charge in [-0.1, -0.05) is 48.0 Å². The number of likely N-dealkylation sites (N-methyl/N-ethyl adjacent to an activating group) is 1. The van der Waals surface area contributed by atoms with Crippen molar-refractivity contribution in [3.8, 4) is 0 Å². The predicted octanol–water partition coefficient (Wildman–Crippen LogP) is 2.27. The first-order valence-electron chi connectivity index (χ1n) is 9.85. The van der Waals surface area contributed by atoms with Gasteiger partial charge in [0, 0.05) is 32.7 Å². The topological polar surface area (TPSA) is 60.9 Å². The van der Waals surface area contributed by atoms with Gasteiger partial charge in [-0.05, 0) is 38.1 Å². The average Bonchev–Trinajstić information content (AvgIpc) is 2.68. The summed E-state index contributed by atoms with van der Waals surface area (Å²) in [5, 5.41) is 0. The Hall–Kier alpha value is -2.22. The Balaban J connectivity index is 1.56. The van der Waals surface area contributed by atoms with Crippen molar-refractivity contribution in [1.82, 2.24) is 14.1 Å². The fourth-order valence-electron chi connectivity index (χ4n) is 3.69. The first kappa shape index (κ1) is 21.5. The van der Waals surface area contributed by atoms with E-state index >= 15 is 0 Å². The van der Waals surface area contributed by atoms with Crippen LogP contribution in [0.1, 0.15) is 16.7 Å². The monoisotopic (exact) mass is 415 g/mol. The molecule has 29 heavy (non-hydrogen) atoms. The number of amides is 1. The number of sulfonamides is 1. The molecule has 1 heterocycles. The summed E-state index contributed by atoms with van der Waals surface area (Å²) >= 11 is 0. The van der Waals surface area contributed by atoms with Gasteiger partial charge in [-0.25, -0.2) is 8.42 Å². The maximum atomic E-state index is 13.0. The van der Waals surface area contributed by atoms with Crippen LogP contribution in [0.2, 0.25) is 0 Å². The molecule has 0 atom stereocenters. The lowest BCUT2D eigenvalue weighted by Crippen LogP contribution is -2.52. The van der Waals surface area contributed by atoms with Gasteiger partial charge in [0.25, 0.3) is 0 Å². The fraction of sp³-hybridized carbons (Fsp3) is 0.409. The van der Waals surface area contributed by atoms with Crippen molar-refractivity contribution in [3.05, 3.63) is 65.2 Å². The van der Waals surface area contributed by atoms with Gasteiger partial charge in [0.2, 0.25) is 15.9 Å². The summed E-state index contributed by atoms with van der Waals surface area (Å²) in [7, 11) is -1.61. The van der Waals surface area contributed by atoms with Crippen molar-refractivity contribution in [1.29, 1.82) is 0 Å². The van der Waals surface area contributed by atoms with Crippen LogP contribution in [0.3, 0.4) is 0 Å². The molecule has 1 amide bonds. The zero-order valence-electron chi connectivity index (χ0n) is 17.3. The Labute approximate surface area is 173 Å². The number of hydrogen-bond donors (Lipinski definition) is 0. The smallest absolute Gasteiger partial charge is 0.243 e. The second kappa shape index (κ2) is 9.07. The molecular weight excluding hydrogens is 386 g/mol. The number of carbonyl (C=O) groups excluding carboxylic acids is 1. The minimum atomic E-state index is -3.54. The summed E-state index contributed by atoms with van der Waals surface area (Å²) in [6.07, 6.45) is 0. The Kier molecular flexibility index (Phi) is 6.72. The van der Waals surface area contributed by atoms with Crippen LogP contribution in [0, 0.1) is 13.8 Å². The van der Waals surface area contributed by atoms with Crippen molar-refractivity contribution < 1.29 is 13.2 Å². The summed E-state index contributed by atoms with van der Waals surface area (Å²) in [4.78, 5) is 16.7. The molecule has 2 aromatic rings. The van der Waals surface area contributed by atoms with E-state index in [9.17, 15) is 13.2 Å². The molecule has 0 aliphatic carbocycles. The van der Waals surface area contributed by atoms with E-state index in [1.807, 2.05) is 68.3 Å². The summed E-state index contributed by atoms with van der Waals surface area (Å²) in [6.45, 7) is 6.27. The Morgan fingerprint density at radius 3 is 2.28 bits per heavy atom. The minimum absolute atomic E-state index is 0.0343. The highest BCUT2D eigenvalue weighted by atomic mass is 32.2. The molecule has 1 aliphatic rings. The molecule has 3 rings (SSSR count). The third-order valence-electron chi connectivity index (χ3n) is 5.24. The lowest BCUT2D eigenvalue weighted by Gasteiger charge is -2.35. The summed E-state index contributed by atoms with van der Waals surface area (Å²) in [5.41, 5.74) is 2.95. The maximum absolute atomic E-state index is 13.0. The van der Waals surface area contributed by atoms with E-state index in [1.54, 1.807) is 11.0 Å². The molecule has 0 radical (unpaired) electrons. The van der Waals surface area contributed by atoms with E-state index < -0.39 is 10.0 Å². The molecule has 0 N–H and O–H groups in total. The maximum Gasteiger partial charge on any atom is 0.243 e. The van der Waals surface area contributed by atoms with Crippen LogP contribution >= 0.6 is 0 Å². The van der Waals surface area contributed by atoms with Crippen molar-refractivity contribution in [2.24, 2.45) is 0 Å². The van der Waals surface area contributed by atoms with Gasteiger partial charge < -0.3 is 4.90 Å². The van der Waals surface area contributed by atoms with Gasteiger partial charge in [0.05, 0.1) is 11.4 Å². The molecular formula is C22H29N3O3S. The number of carbonyl (C=O) groups is 1. The summed E-state index contributed by atoms with van der Waals surface area (Å²) < 4.78 is 27.5. The van der Waals surface area contributed by atoms with Gasteiger partial charge in [-0.15, -0.1) is 0 Å². The van der Waals surface area contributed by atoms with E-state index in [-0.39, 0.29) is 5.91 Å². The Morgan fingerprint density at radius 1 is 1.00 bits per heavy atom. The molecule has 6 nitrogen and oxygen atoms in total. The Morgan fingerprint density at radius 2 is 1.66 bits per heavy atom. The first-order chi connectivity index (χ1) is 13.8. The molecule has 1 aliphatic heterocycles. The van der Waals surface area contributed by atoms with Crippen LogP contribution in [0.5, 0.6) is 0 Å². The molecule has 0 aromatic heterocycles. The predicted molar refractivity (Wildman–Crippen MR) is 114 cm³/mol. The number of rotatable bonds is 6. The van der Waals surface area contributed by atoms with Crippen molar-refractivity contribution in [3.63, 3.8) is 0 Å². The van der Waals surface area contributed by atoms with Crippen LogP contribution < -0.4 is 0 Å². The van der Waals surface area contributed by atoms with Crippen molar-refractivity contribution in [2.75, 3.05) is 39.8 Å². The first-order valence-corrected chi connectivity index (χ1v) is 11.3. The van der Waals surface area contributed by atoms with Crippen LogP contribution in [0.25, 0.3) is 0 Å². The minimum Gasteiger partial charge on any atom is -0.339 e. The highest BCUT2D eigenvalue weighted by Crippen LogP contribution is 2.22. The van der Waals surface area contributed by atoms with Crippen molar-refractivity contribution >= 4 is 15.9 Å². The second-order valence-corrected chi connectivity index (χ2v) is 9.62. The third-order valence-corrected chi connectivity index (χ3v) is 7.30. The highest BCUT2D eigenvalue weighted by Gasteiger charge is 2.31. The normalized spacial score (nSPS) is 15.7. The number of aryl methyl sites for hydroxylation is 2.